The summed E-state index contributed by atoms with van der Waals surface area (Å²) in [6, 6.07) is 21.2. The maximum Gasteiger partial charge on any atom is 0.415 e. The SMILES string of the molecule is CC(C(=O)O)N(C(=O)OCc1ccccc1)c1cccc2ccccc12. The lowest BCUT2D eigenvalue weighted by atomic mass is 10.1. The van der Waals surface area contributed by atoms with Gasteiger partial charge in [-0.25, -0.2) is 9.59 Å². The van der Waals surface area contributed by atoms with E-state index in [1.165, 1.54) is 11.8 Å². The number of carbonyl (C=O) groups excluding carboxylic acids is 1. The Hall–Kier alpha value is -3.34. The lowest BCUT2D eigenvalue weighted by Gasteiger charge is -2.27. The zero-order valence-electron chi connectivity index (χ0n) is 14.3. The number of benzene rings is 3. The Morgan fingerprint density at radius 1 is 0.962 bits per heavy atom. The average Bonchev–Trinajstić information content (AvgIpc) is 2.67. The fourth-order valence-electron chi connectivity index (χ4n) is 2.78. The van der Waals surface area contributed by atoms with Crippen LogP contribution in [0.3, 0.4) is 0 Å². The molecule has 0 radical (unpaired) electrons. The van der Waals surface area contributed by atoms with Crippen LogP contribution < -0.4 is 4.90 Å². The zero-order valence-corrected chi connectivity index (χ0v) is 14.3. The minimum atomic E-state index is -1.10. The lowest BCUT2D eigenvalue weighted by Crippen LogP contribution is -2.43. The second-order valence-corrected chi connectivity index (χ2v) is 5.92. The van der Waals surface area contributed by atoms with Gasteiger partial charge in [0.1, 0.15) is 12.6 Å². The highest BCUT2D eigenvalue weighted by Crippen LogP contribution is 2.29. The van der Waals surface area contributed by atoms with Crippen molar-refractivity contribution in [3.63, 3.8) is 0 Å². The first-order valence-corrected chi connectivity index (χ1v) is 8.28. The van der Waals surface area contributed by atoms with E-state index in [4.69, 9.17) is 4.74 Å². The number of aliphatic carboxylic acids is 1. The van der Waals surface area contributed by atoms with Gasteiger partial charge in [-0.15, -0.1) is 0 Å². The van der Waals surface area contributed by atoms with Crippen molar-refractivity contribution in [2.75, 3.05) is 4.90 Å². The fraction of sp³-hybridized carbons (Fsp3) is 0.143. The molecule has 0 heterocycles. The Bertz CT molecular complexity index is 918. The number of amides is 1. The van der Waals surface area contributed by atoms with Gasteiger partial charge in [0.2, 0.25) is 0 Å². The summed E-state index contributed by atoms with van der Waals surface area (Å²) in [5.74, 6) is -1.10. The summed E-state index contributed by atoms with van der Waals surface area (Å²) in [7, 11) is 0. The first kappa shape index (κ1) is 17.5. The highest BCUT2D eigenvalue weighted by molar-refractivity contribution is 6.04. The maximum absolute atomic E-state index is 12.7. The van der Waals surface area contributed by atoms with Gasteiger partial charge in [-0.05, 0) is 23.9 Å². The van der Waals surface area contributed by atoms with Crippen molar-refractivity contribution >= 4 is 28.5 Å². The third-order valence-corrected chi connectivity index (χ3v) is 4.17. The average molecular weight is 349 g/mol. The number of rotatable bonds is 5. The molecule has 0 spiro atoms. The van der Waals surface area contributed by atoms with Gasteiger partial charge in [0.15, 0.2) is 0 Å². The van der Waals surface area contributed by atoms with E-state index in [1.807, 2.05) is 60.7 Å². The van der Waals surface area contributed by atoms with Crippen molar-refractivity contribution in [3.8, 4) is 0 Å². The zero-order chi connectivity index (χ0) is 18.5. The molecule has 0 aromatic heterocycles. The Balaban J connectivity index is 1.94. The number of carbonyl (C=O) groups is 2. The summed E-state index contributed by atoms with van der Waals surface area (Å²) in [6.07, 6.45) is -0.694. The molecule has 0 aliphatic carbocycles. The Kier molecular flexibility index (Phi) is 5.17. The standard InChI is InChI=1S/C21H19NO4/c1-15(20(23)24)22(21(25)26-14-16-8-3-2-4-9-16)19-13-7-11-17-10-5-6-12-18(17)19/h2-13,15H,14H2,1H3,(H,23,24). The normalized spacial score (nSPS) is 11.7. The van der Waals surface area contributed by atoms with Crippen molar-refractivity contribution in [1.29, 1.82) is 0 Å². The van der Waals surface area contributed by atoms with Crippen molar-refractivity contribution in [3.05, 3.63) is 78.4 Å². The van der Waals surface area contributed by atoms with Crippen LogP contribution in [-0.2, 0) is 16.1 Å². The molecule has 1 unspecified atom stereocenters. The van der Waals surface area contributed by atoms with Crippen LogP contribution >= 0.6 is 0 Å². The molecule has 0 fully saturated rings. The molecule has 0 saturated heterocycles. The van der Waals surface area contributed by atoms with E-state index < -0.39 is 18.1 Å². The number of anilines is 1. The summed E-state index contributed by atoms with van der Waals surface area (Å²) in [5, 5.41) is 11.2. The first-order valence-electron chi connectivity index (χ1n) is 8.28. The second-order valence-electron chi connectivity index (χ2n) is 5.92. The maximum atomic E-state index is 12.7. The van der Waals surface area contributed by atoms with Gasteiger partial charge in [0.05, 0.1) is 5.69 Å². The van der Waals surface area contributed by atoms with Gasteiger partial charge in [-0.1, -0.05) is 66.7 Å². The largest absolute Gasteiger partial charge is 0.480 e. The minimum Gasteiger partial charge on any atom is -0.480 e. The van der Waals surface area contributed by atoms with E-state index in [-0.39, 0.29) is 6.61 Å². The van der Waals surface area contributed by atoms with E-state index >= 15 is 0 Å². The van der Waals surface area contributed by atoms with Crippen LogP contribution in [0.1, 0.15) is 12.5 Å². The Morgan fingerprint density at radius 3 is 2.35 bits per heavy atom. The topological polar surface area (TPSA) is 66.8 Å². The quantitative estimate of drug-likeness (QED) is 0.739. The Morgan fingerprint density at radius 2 is 1.62 bits per heavy atom. The number of hydrogen-bond donors (Lipinski definition) is 1. The highest BCUT2D eigenvalue weighted by Gasteiger charge is 2.29. The minimum absolute atomic E-state index is 0.0767. The molecule has 3 rings (SSSR count). The van der Waals surface area contributed by atoms with Gasteiger partial charge >= 0.3 is 12.1 Å². The van der Waals surface area contributed by atoms with Gasteiger partial charge in [-0.3, -0.25) is 4.90 Å². The van der Waals surface area contributed by atoms with E-state index in [0.29, 0.717) is 5.69 Å². The molecular weight excluding hydrogens is 330 g/mol. The molecule has 3 aromatic rings. The molecule has 26 heavy (non-hydrogen) atoms. The summed E-state index contributed by atoms with van der Waals surface area (Å²) in [6.45, 7) is 1.54. The number of ether oxygens (including phenoxy) is 1. The fourth-order valence-corrected chi connectivity index (χ4v) is 2.78. The van der Waals surface area contributed by atoms with Crippen LogP contribution in [0.25, 0.3) is 10.8 Å². The monoisotopic (exact) mass is 349 g/mol. The third-order valence-electron chi connectivity index (χ3n) is 4.17. The number of hydrogen-bond acceptors (Lipinski definition) is 3. The van der Waals surface area contributed by atoms with Gasteiger partial charge in [0, 0.05) is 5.39 Å². The van der Waals surface area contributed by atoms with E-state index in [1.54, 1.807) is 12.1 Å². The molecule has 132 valence electrons. The number of fused-ring (bicyclic) bond motifs is 1. The highest BCUT2D eigenvalue weighted by atomic mass is 16.6. The molecule has 1 atom stereocenters. The van der Waals surface area contributed by atoms with Crippen LogP contribution in [0.15, 0.2) is 72.8 Å². The second kappa shape index (κ2) is 7.70. The van der Waals surface area contributed by atoms with Crippen molar-refractivity contribution in [2.45, 2.75) is 19.6 Å². The van der Waals surface area contributed by atoms with E-state index in [2.05, 4.69) is 0 Å². The number of carboxylic acids is 1. The van der Waals surface area contributed by atoms with Crippen LogP contribution in [0, 0.1) is 0 Å². The summed E-state index contributed by atoms with van der Waals surface area (Å²) in [5.41, 5.74) is 1.35. The Labute approximate surface area is 151 Å². The predicted molar refractivity (Wildman–Crippen MR) is 100 cm³/mol. The van der Waals surface area contributed by atoms with Crippen LogP contribution in [0.4, 0.5) is 10.5 Å². The van der Waals surface area contributed by atoms with Crippen LogP contribution in [0.5, 0.6) is 0 Å². The van der Waals surface area contributed by atoms with Gasteiger partial charge < -0.3 is 9.84 Å². The summed E-state index contributed by atoms with van der Waals surface area (Å²) >= 11 is 0. The van der Waals surface area contributed by atoms with E-state index in [9.17, 15) is 14.7 Å². The molecule has 0 aliphatic heterocycles. The van der Waals surface area contributed by atoms with Crippen LogP contribution in [-0.4, -0.2) is 23.2 Å². The third kappa shape index (κ3) is 3.67. The lowest BCUT2D eigenvalue weighted by molar-refractivity contribution is -0.138. The molecule has 5 heteroatoms. The van der Waals surface area contributed by atoms with Crippen LogP contribution in [0.2, 0.25) is 0 Å². The van der Waals surface area contributed by atoms with Gasteiger partial charge in [0.25, 0.3) is 0 Å². The molecule has 3 aromatic carbocycles. The van der Waals surface area contributed by atoms with E-state index in [0.717, 1.165) is 16.3 Å². The molecular formula is C21H19NO4. The van der Waals surface area contributed by atoms with Crippen molar-refractivity contribution in [1.82, 2.24) is 0 Å². The number of nitrogens with zero attached hydrogens (tertiary/aromatic N) is 1. The molecule has 1 N–H and O–H groups in total. The number of carboxylic acid groups (broad SMARTS) is 1. The predicted octanol–water partition coefficient (Wildman–Crippen LogP) is 4.46. The smallest absolute Gasteiger partial charge is 0.415 e. The summed E-state index contributed by atoms with van der Waals surface area (Å²) in [4.78, 5) is 25.5. The molecule has 0 saturated carbocycles. The molecule has 0 aliphatic rings. The van der Waals surface area contributed by atoms with Gasteiger partial charge in [-0.2, -0.15) is 0 Å². The first-order chi connectivity index (χ1) is 12.6. The molecule has 1 amide bonds. The summed E-state index contributed by atoms with van der Waals surface area (Å²) < 4.78 is 5.39. The molecule has 5 nitrogen and oxygen atoms in total. The van der Waals surface area contributed by atoms with Crippen molar-refractivity contribution in [2.24, 2.45) is 0 Å². The molecule has 0 bridgehead atoms. The van der Waals surface area contributed by atoms with Crippen molar-refractivity contribution < 1.29 is 19.4 Å².